The fourth-order valence-corrected chi connectivity index (χ4v) is 3.34. The van der Waals surface area contributed by atoms with Gasteiger partial charge >= 0.3 is 5.97 Å². The van der Waals surface area contributed by atoms with E-state index in [0.29, 0.717) is 17.1 Å². The zero-order valence-corrected chi connectivity index (χ0v) is 14.9. The van der Waals surface area contributed by atoms with E-state index in [0.717, 1.165) is 0 Å². The molecule has 0 aliphatic carbocycles. The third kappa shape index (κ3) is 4.71. The van der Waals surface area contributed by atoms with Crippen LogP contribution in [-0.2, 0) is 14.8 Å². The van der Waals surface area contributed by atoms with Crippen molar-refractivity contribution in [3.05, 3.63) is 48.0 Å². The Balaban J connectivity index is 2.05. The molecule has 7 nitrogen and oxygen atoms in total. The van der Waals surface area contributed by atoms with E-state index in [9.17, 15) is 13.2 Å². The minimum Gasteiger partial charge on any atom is -0.497 e. The van der Waals surface area contributed by atoms with E-state index in [-0.39, 0.29) is 10.6 Å². The molecule has 0 unspecified atom stereocenters. The number of sulfonamides is 1. The second-order valence-electron chi connectivity index (χ2n) is 5.08. The molecule has 0 saturated carbocycles. The number of carbonyl (C=O) groups is 1. The van der Waals surface area contributed by atoms with E-state index in [1.807, 2.05) is 0 Å². The molecule has 0 aromatic heterocycles. The monoisotopic (exact) mass is 365 g/mol. The average Bonchev–Trinajstić information content (AvgIpc) is 2.60. The van der Waals surface area contributed by atoms with Crippen LogP contribution in [0.1, 0.15) is 5.56 Å². The topological polar surface area (TPSA) is 90.9 Å². The van der Waals surface area contributed by atoms with Gasteiger partial charge in [0, 0.05) is 0 Å². The van der Waals surface area contributed by atoms with Gasteiger partial charge in [0.05, 0.1) is 19.1 Å². The Morgan fingerprint density at radius 3 is 2.32 bits per heavy atom. The van der Waals surface area contributed by atoms with Crippen LogP contribution in [0, 0.1) is 6.92 Å². The molecule has 0 spiro atoms. The fourth-order valence-electron chi connectivity index (χ4n) is 2.14. The zero-order valence-electron chi connectivity index (χ0n) is 14.1. The summed E-state index contributed by atoms with van der Waals surface area (Å²) in [7, 11) is -0.915. The van der Waals surface area contributed by atoms with Crippen molar-refractivity contribution < 1.29 is 27.4 Å². The lowest BCUT2D eigenvalue weighted by molar-refractivity contribution is -0.133. The van der Waals surface area contributed by atoms with Crippen LogP contribution in [0.5, 0.6) is 17.2 Å². The molecule has 0 amide bonds. The van der Waals surface area contributed by atoms with Crippen LogP contribution in [0.15, 0.2) is 47.4 Å². The standard InChI is InChI=1S/C17H19NO6S/c1-12-10-13(22-2)8-9-16(12)25(20,21)18-11-17(19)24-15-7-5-4-6-14(15)23-3/h4-10,18H,11H2,1-3H3. The molecule has 0 atom stereocenters. The molecule has 0 saturated heterocycles. The Morgan fingerprint density at radius 2 is 1.72 bits per heavy atom. The quantitative estimate of drug-likeness (QED) is 0.595. The minimum absolute atomic E-state index is 0.0680. The molecule has 0 aliphatic heterocycles. The van der Waals surface area contributed by atoms with E-state index in [4.69, 9.17) is 14.2 Å². The highest BCUT2D eigenvalue weighted by Gasteiger charge is 2.19. The van der Waals surface area contributed by atoms with Gasteiger partial charge in [-0.3, -0.25) is 4.79 Å². The summed E-state index contributed by atoms with van der Waals surface area (Å²) in [6, 6.07) is 11.1. The maximum absolute atomic E-state index is 12.3. The summed E-state index contributed by atoms with van der Waals surface area (Å²) >= 11 is 0. The van der Waals surface area contributed by atoms with Crippen molar-refractivity contribution in [2.45, 2.75) is 11.8 Å². The Morgan fingerprint density at radius 1 is 1.04 bits per heavy atom. The predicted octanol–water partition coefficient (Wildman–Crippen LogP) is 1.90. The van der Waals surface area contributed by atoms with Gasteiger partial charge in [-0.15, -0.1) is 0 Å². The lowest BCUT2D eigenvalue weighted by atomic mass is 10.2. The van der Waals surface area contributed by atoms with E-state index in [1.54, 1.807) is 37.3 Å². The number of rotatable bonds is 7. The summed E-state index contributed by atoms with van der Waals surface area (Å²) in [5.74, 6) is 0.394. The van der Waals surface area contributed by atoms with Crippen LogP contribution in [0.2, 0.25) is 0 Å². The molecule has 134 valence electrons. The molecule has 1 N–H and O–H groups in total. The van der Waals surface area contributed by atoms with Crippen LogP contribution in [-0.4, -0.2) is 35.2 Å². The van der Waals surface area contributed by atoms with Crippen LogP contribution in [0.4, 0.5) is 0 Å². The maximum Gasteiger partial charge on any atom is 0.326 e. The molecule has 2 aromatic carbocycles. The summed E-state index contributed by atoms with van der Waals surface area (Å²) in [5.41, 5.74) is 0.505. The van der Waals surface area contributed by atoms with Gasteiger partial charge in [-0.2, -0.15) is 4.72 Å². The molecule has 0 bridgehead atoms. The first-order chi connectivity index (χ1) is 11.9. The number of nitrogens with one attached hydrogen (secondary N) is 1. The van der Waals surface area contributed by atoms with Gasteiger partial charge in [-0.05, 0) is 42.8 Å². The van der Waals surface area contributed by atoms with Gasteiger partial charge in [0.2, 0.25) is 10.0 Å². The molecular formula is C17H19NO6S. The second kappa shape index (κ2) is 8.00. The van der Waals surface area contributed by atoms with Gasteiger partial charge in [0.25, 0.3) is 0 Å². The summed E-state index contributed by atoms with van der Waals surface area (Å²) in [4.78, 5) is 12.0. The Bertz CT molecular complexity index is 863. The van der Waals surface area contributed by atoms with Gasteiger partial charge in [-0.25, -0.2) is 8.42 Å². The highest BCUT2D eigenvalue weighted by Crippen LogP contribution is 2.26. The van der Waals surface area contributed by atoms with Crippen molar-refractivity contribution in [1.29, 1.82) is 0 Å². The number of esters is 1. The lowest BCUT2D eigenvalue weighted by Crippen LogP contribution is -2.32. The Kier molecular flexibility index (Phi) is 6.00. The first kappa shape index (κ1) is 18.8. The number of carbonyl (C=O) groups excluding carboxylic acids is 1. The van der Waals surface area contributed by atoms with E-state index in [2.05, 4.69) is 4.72 Å². The first-order valence-corrected chi connectivity index (χ1v) is 8.83. The molecule has 2 aromatic rings. The van der Waals surface area contributed by atoms with Crippen LogP contribution >= 0.6 is 0 Å². The molecule has 0 radical (unpaired) electrons. The largest absolute Gasteiger partial charge is 0.497 e. The van der Waals surface area contributed by atoms with Gasteiger partial charge in [0.1, 0.15) is 12.3 Å². The Hall–Kier alpha value is -2.58. The molecule has 0 aliphatic rings. The van der Waals surface area contributed by atoms with Crippen molar-refractivity contribution in [2.75, 3.05) is 20.8 Å². The zero-order chi connectivity index (χ0) is 18.4. The molecule has 0 fully saturated rings. The third-order valence-corrected chi connectivity index (χ3v) is 4.93. The molecule has 8 heteroatoms. The van der Waals surface area contributed by atoms with Gasteiger partial charge < -0.3 is 14.2 Å². The second-order valence-corrected chi connectivity index (χ2v) is 6.82. The highest BCUT2D eigenvalue weighted by molar-refractivity contribution is 7.89. The van der Waals surface area contributed by atoms with Crippen molar-refractivity contribution in [3.63, 3.8) is 0 Å². The number of methoxy groups -OCH3 is 2. The molecular weight excluding hydrogens is 346 g/mol. The average molecular weight is 365 g/mol. The number of hydrogen-bond acceptors (Lipinski definition) is 6. The lowest BCUT2D eigenvalue weighted by Gasteiger charge is -2.11. The van der Waals surface area contributed by atoms with Crippen LogP contribution in [0.25, 0.3) is 0 Å². The van der Waals surface area contributed by atoms with Crippen molar-refractivity contribution in [3.8, 4) is 17.2 Å². The number of aryl methyl sites for hydroxylation is 1. The smallest absolute Gasteiger partial charge is 0.326 e. The normalized spacial score (nSPS) is 11.0. The first-order valence-electron chi connectivity index (χ1n) is 7.35. The van der Waals surface area contributed by atoms with Crippen LogP contribution in [0.3, 0.4) is 0 Å². The maximum atomic E-state index is 12.3. The molecule has 0 heterocycles. The highest BCUT2D eigenvalue weighted by atomic mass is 32.2. The summed E-state index contributed by atoms with van der Waals surface area (Å²) in [6.07, 6.45) is 0. The van der Waals surface area contributed by atoms with E-state index < -0.39 is 22.5 Å². The van der Waals surface area contributed by atoms with Crippen molar-refractivity contribution >= 4 is 16.0 Å². The number of hydrogen-bond donors (Lipinski definition) is 1. The molecule has 2 rings (SSSR count). The van der Waals surface area contributed by atoms with Crippen LogP contribution < -0.4 is 18.9 Å². The predicted molar refractivity (Wildman–Crippen MR) is 91.5 cm³/mol. The number of benzene rings is 2. The summed E-state index contributed by atoms with van der Waals surface area (Å²) in [5, 5.41) is 0. The number of para-hydroxylation sites is 2. The summed E-state index contributed by atoms with van der Waals surface area (Å²) < 4.78 is 42.2. The third-order valence-electron chi connectivity index (χ3n) is 3.37. The SMILES string of the molecule is COc1ccc(S(=O)(=O)NCC(=O)Oc2ccccc2OC)c(C)c1. The minimum atomic E-state index is -3.86. The van der Waals surface area contributed by atoms with Gasteiger partial charge in [0.15, 0.2) is 11.5 Å². The number of ether oxygens (including phenoxy) is 3. The van der Waals surface area contributed by atoms with Crippen molar-refractivity contribution in [1.82, 2.24) is 4.72 Å². The molecule has 25 heavy (non-hydrogen) atoms. The summed E-state index contributed by atoms with van der Waals surface area (Å²) in [6.45, 7) is 1.14. The van der Waals surface area contributed by atoms with E-state index in [1.165, 1.54) is 26.4 Å². The fraction of sp³-hybridized carbons (Fsp3) is 0.235. The van der Waals surface area contributed by atoms with E-state index >= 15 is 0 Å². The van der Waals surface area contributed by atoms with Crippen molar-refractivity contribution in [2.24, 2.45) is 0 Å². The Labute approximate surface area is 146 Å². The van der Waals surface area contributed by atoms with Gasteiger partial charge in [-0.1, -0.05) is 12.1 Å².